The zero-order valence-electron chi connectivity index (χ0n) is 12.3. The lowest BCUT2D eigenvalue weighted by atomic mass is 10.2. The molecule has 3 rings (SSSR count). The number of benzene rings is 2. The second kappa shape index (κ2) is 5.48. The van der Waals surface area contributed by atoms with Gasteiger partial charge < -0.3 is 10.5 Å². The van der Waals surface area contributed by atoms with Crippen molar-refractivity contribution in [3.8, 4) is 11.4 Å². The van der Waals surface area contributed by atoms with E-state index in [1.165, 1.54) is 0 Å². The predicted molar refractivity (Wildman–Crippen MR) is 86.0 cm³/mol. The summed E-state index contributed by atoms with van der Waals surface area (Å²) in [7, 11) is 0. The molecule has 108 valence electrons. The van der Waals surface area contributed by atoms with Gasteiger partial charge in [0.2, 0.25) is 5.95 Å². The van der Waals surface area contributed by atoms with Crippen LogP contribution in [0.15, 0.2) is 42.5 Å². The number of rotatable bonds is 4. The van der Waals surface area contributed by atoms with E-state index in [1.807, 2.05) is 54.0 Å². The molecule has 2 aromatic carbocycles. The van der Waals surface area contributed by atoms with E-state index in [2.05, 4.69) is 11.9 Å². The summed E-state index contributed by atoms with van der Waals surface area (Å²) in [5, 5.41) is 0. The minimum atomic E-state index is 0.501. The van der Waals surface area contributed by atoms with Crippen molar-refractivity contribution in [2.45, 2.75) is 20.3 Å². The molecule has 0 aliphatic rings. The van der Waals surface area contributed by atoms with Gasteiger partial charge >= 0.3 is 0 Å². The average Bonchev–Trinajstić information content (AvgIpc) is 2.83. The summed E-state index contributed by atoms with van der Waals surface area (Å²) in [6.07, 6.45) is 1.00. The number of hydrogen-bond acceptors (Lipinski definition) is 3. The highest BCUT2D eigenvalue weighted by Gasteiger charge is 2.11. The average molecular weight is 281 g/mol. The number of hydrogen-bond donors (Lipinski definition) is 1. The number of para-hydroxylation sites is 1. The van der Waals surface area contributed by atoms with E-state index in [0.29, 0.717) is 5.95 Å². The third kappa shape index (κ3) is 2.44. The third-order valence-electron chi connectivity index (χ3n) is 3.48. The molecule has 0 bridgehead atoms. The van der Waals surface area contributed by atoms with Gasteiger partial charge in [-0.15, -0.1) is 0 Å². The molecular weight excluding hydrogens is 262 g/mol. The Kier molecular flexibility index (Phi) is 3.52. The Morgan fingerprint density at radius 1 is 1.14 bits per heavy atom. The number of anilines is 1. The zero-order chi connectivity index (χ0) is 14.8. The highest BCUT2D eigenvalue weighted by molar-refractivity contribution is 5.83. The van der Waals surface area contributed by atoms with Gasteiger partial charge in [-0.2, -0.15) is 0 Å². The molecule has 0 spiro atoms. The van der Waals surface area contributed by atoms with Gasteiger partial charge in [0, 0.05) is 5.69 Å². The fourth-order valence-corrected chi connectivity index (χ4v) is 2.44. The first-order valence-electron chi connectivity index (χ1n) is 7.17. The van der Waals surface area contributed by atoms with Crippen LogP contribution in [0.3, 0.4) is 0 Å². The molecule has 0 aliphatic heterocycles. The van der Waals surface area contributed by atoms with Crippen molar-refractivity contribution in [1.82, 2.24) is 9.55 Å². The summed E-state index contributed by atoms with van der Waals surface area (Å²) in [4.78, 5) is 4.47. The number of fused-ring (bicyclic) bond motifs is 1. The summed E-state index contributed by atoms with van der Waals surface area (Å²) in [5.74, 6) is 1.38. The van der Waals surface area contributed by atoms with Crippen molar-refractivity contribution in [1.29, 1.82) is 0 Å². The smallest absolute Gasteiger partial charge is 0.205 e. The maximum absolute atomic E-state index is 6.09. The maximum Gasteiger partial charge on any atom is 0.205 e. The predicted octanol–water partition coefficient (Wildman–Crippen LogP) is 3.70. The summed E-state index contributed by atoms with van der Waals surface area (Å²) in [6.45, 7) is 4.87. The van der Waals surface area contributed by atoms with Crippen LogP contribution >= 0.6 is 0 Å². The SMILES string of the molecule is CCCOc1ccc(-n2c(N)nc3c(C)cccc32)cc1. The van der Waals surface area contributed by atoms with Crippen LogP contribution in [0.1, 0.15) is 18.9 Å². The molecule has 0 aliphatic carbocycles. The Bertz CT molecular complexity index is 760. The van der Waals surface area contributed by atoms with E-state index >= 15 is 0 Å². The summed E-state index contributed by atoms with van der Waals surface area (Å²) < 4.78 is 7.57. The van der Waals surface area contributed by atoms with E-state index in [9.17, 15) is 0 Å². The largest absolute Gasteiger partial charge is 0.494 e. The van der Waals surface area contributed by atoms with Crippen LogP contribution in [-0.2, 0) is 0 Å². The van der Waals surface area contributed by atoms with Crippen molar-refractivity contribution in [3.63, 3.8) is 0 Å². The molecule has 3 aromatic rings. The van der Waals surface area contributed by atoms with E-state index in [4.69, 9.17) is 10.5 Å². The number of aromatic nitrogens is 2. The van der Waals surface area contributed by atoms with Crippen LogP contribution in [0.25, 0.3) is 16.7 Å². The van der Waals surface area contributed by atoms with Crippen LogP contribution < -0.4 is 10.5 Å². The molecule has 4 heteroatoms. The molecule has 0 radical (unpaired) electrons. The normalized spacial score (nSPS) is 11.0. The molecule has 0 saturated carbocycles. The van der Waals surface area contributed by atoms with Gasteiger partial charge in [0.05, 0.1) is 17.6 Å². The topological polar surface area (TPSA) is 53.1 Å². The Morgan fingerprint density at radius 2 is 1.90 bits per heavy atom. The van der Waals surface area contributed by atoms with E-state index in [1.54, 1.807) is 0 Å². The highest BCUT2D eigenvalue weighted by Crippen LogP contribution is 2.26. The van der Waals surface area contributed by atoms with Gasteiger partial charge in [-0.1, -0.05) is 19.1 Å². The van der Waals surface area contributed by atoms with Crippen molar-refractivity contribution < 1.29 is 4.74 Å². The monoisotopic (exact) mass is 281 g/mol. The fourth-order valence-electron chi connectivity index (χ4n) is 2.44. The van der Waals surface area contributed by atoms with Gasteiger partial charge in [-0.3, -0.25) is 4.57 Å². The van der Waals surface area contributed by atoms with Gasteiger partial charge in [-0.05, 0) is 49.2 Å². The number of nitrogens with two attached hydrogens (primary N) is 1. The molecular formula is C17H19N3O. The lowest BCUT2D eigenvalue weighted by Gasteiger charge is -2.09. The minimum absolute atomic E-state index is 0.501. The van der Waals surface area contributed by atoms with Crippen LogP contribution in [0.2, 0.25) is 0 Å². The number of imidazole rings is 1. The van der Waals surface area contributed by atoms with Gasteiger partial charge in [0.25, 0.3) is 0 Å². The quantitative estimate of drug-likeness (QED) is 0.793. The fraction of sp³-hybridized carbons (Fsp3) is 0.235. The standard InChI is InChI=1S/C17H19N3O/c1-3-11-21-14-9-7-13(8-10-14)20-15-6-4-5-12(2)16(15)19-17(20)18/h4-10H,3,11H2,1-2H3,(H2,18,19). The number of nitrogens with zero attached hydrogens (tertiary/aromatic N) is 2. The number of aryl methyl sites for hydroxylation is 1. The lowest BCUT2D eigenvalue weighted by molar-refractivity contribution is 0.317. The molecule has 0 atom stereocenters. The van der Waals surface area contributed by atoms with Crippen LogP contribution in [0.5, 0.6) is 5.75 Å². The van der Waals surface area contributed by atoms with E-state index in [0.717, 1.165) is 41.1 Å². The van der Waals surface area contributed by atoms with Crippen LogP contribution in [-0.4, -0.2) is 16.2 Å². The number of ether oxygens (including phenoxy) is 1. The van der Waals surface area contributed by atoms with Gasteiger partial charge in [0.15, 0.2) is 0 Å². The second-order valence-corrected chi connectivity index (χ2v) is 5.09. The minimum Gasteiger partial charge on any atom is -0.494 e. The van der Waals surface area contributed by atoms with Crippen molar-refractivity contribution in [2.24, 2.45) is 0 Å². The van der Waals surface area contributed by atoms with Crippen molar-refractivity contribution in [2.75, 3.05) is 12.3 Å². The molecule has 0 fully saturated rings. The van der Waals surface area contributed by atoms with Crippen molar-refractivity contribution >= 4 is 17.0 Å². The van der Waals surface area contributed by atoms with Crippen molar-refractivity contribution in [3.05, 3.63) is 48.0 Å². The zero-order valence-corrected chi connectivity index (χ0v) is 12.3. The summed E-state index contributed by atoms with van der Waals surface area (Å²) >= 11 is 0. The number of nitrogen functional groups attached to an aromatic ring is 1. The molecule has 0 amide bonds. The molecule has 21 heavy (non-hydrogen) atoms. The summed E-state index contributed by atoms with van der Waals surface area (Å²) in [5.41, 5.74) is 10.2. The first-order valence-corrected chi connectivity index (χ1v) is 7.17. The third-order valence-corrected chi connectivity index (χ3v) is 3.48. The molecule has 1 aromatic heterocycles. The molecule has 4 nitrogen and oxygen atoms in total. The highest BCUT2D eigenvalue weighted by atomic mass is 16.5. The Labute approximate surface area is 124 Å². The Hall–Kier alpha value is -2.49. The van der Waals surface area contributed by atoms with Crippen LogP contribution in [0.4, 0.5) is 5.95 Å². The Morgan fingerprint density at radius 3 is 2.62 bits per heavy atom. The first kappa shape index (κ1) is 13.5. The van der Waals surface area contributed by atoms with E-state index in [-0.39, 0.29) is 0 Å². The Balaban J connectivity index is 2.04. The van der Waals surface area contributed by atoms with E-state index < -0.39 is 0 Å². The van der Waals surface area contributed by atoms with Gasteiger partial charge in [-0.25, -0.2) is 4.98 Å². The summed E-state index contributed by atoms with van der Waals surface area (Å²) in [6, 6.07) is 14.0. The molecule has 1 heterocycles. The molecule has 0 saturated heterocycles. The second-order valence-electron chi connectivity index (χ2n) is 5.09. The molecule has 0 unspecified atom stereocenters. The molecule has 2 N–H and O–H groups in total. The first-order chi connectivity index (χ1) is 10.2. The van der Waals surface area contributed by atoms with Gasteiger partial charge in [0.1, 0.15) is 5.75 Å². The van der Waals surface area contributed by atoms with Crippen LogP contribution in [0, 0.1) is 6.92 Å². The lowest BCUT2D eigenvalue weighted by Crippen LogP contribution is -2.01. The maximum atomic E-state index is 6.09.